The molecule has 0 aromatic heterocycles. The molecule has 1 unspecified atom stereocenters. The van der Waals surface area contributed by atoms with Crippen molar-refractivity contribution in [3.8, 4) is 0 Å². The zero-order chi connectivity index (χ0) is 11.7. The van der Waals surface area contributed by atoms with Crippen LogP contribution in [0.3, 0.4) is 0 Å². The van der Waals surface area contributed by atoms with E-state index in [1.165, 1.54) is 5.56 Å². The second-order valence-corrected chi connectivity index (χ2v) is 5.35. The molecule has 4 heteroatoms. The molecule has 0 aliphatic carbocycles. The predicted molar refractivity (Wildman–Crippen MR) is 70.1 cm³/mol. The number of halogens is 2. The molecule has 2 rings (SSSR count). The number of amides is 1. The van der Waals surface area contributed by atoms with E-state index in [2.05, 4.69) is 15.9 Å². The SMILES string of the molecule is Cc1ccc(N2CC(CCl)CC2=O)c(Br)c1. The molecular formula is C12H13BrClNO. The van der Waals surface area contributed by atoms with Crippen LogP contribution in [-0.4, -0.2) is 18.3 Å². The van der Waals surface area contributed by atoms with Crippen molar-refractivity contribution in [2.24, 2.45) is 5.92 Å². The number of benzene rings is 1. The first-order chi connectivity index (χ1) is 7.61. The number of aryl methyl sites for hydroxylation is 1. The van der Waals surface area contributed by atoms with E-state index < -0.39 is 0 Å². The molecule has 1 atom stereocenters. The Morgan fingerprint density at radius 3 is 2.88 bits per heavy atom. The van der Waals surface area contributed by atoms with Gasteiger partial charge in [-0.2, -0.15) is 0 Å². The van der Waals surface area contributed by atoms with Crippen molar-refractivity contribution in [2.75, 3.05) is 17.3 Å². The average molecular weight is 303 g/mol. The Bertz CT molecular complexity index is 421. The monoisotopic (exact) mass is 301 g/mol. The largest absolute Gasteiger partial charge is 0.311 e. The predicted octanol–water partition coefficient (Wildman–Crippen LogP) is 3.35. The summed E-state index contributed by atoms with van der Waals surface area (Å²) in [5.74, 6) is 0.990. The Balaban J connectivity index is 2.28. The smallest absolute Gasteiger partial charge is 0.227 e. The van der Waals surface area contributed by atoms with Gasteiger partial charge in [-0.3, -0.25) is 4.79 Å². The van der Waals surface area contributed by atoms with Crippen molar-refractivity contribution in [3.05, 3.63) is 28.2 Å². The Hall–Kier alpha value is -0.540. The minimum Gasteiger partial charge on any atom is -0.311 e. The molecule has 2 nitrogen and oxygen atoms in total. The fourth-order valence-electron chi connectivity index (χ4n) is 1.95. The van der Waals surface area contributed by atoms with Crippen molar-refractivity contribution in [1.82, 2.24) is 0 Å². The Morgan fingerprint density at radius 1 is 1.56 bits per heavy atom. The highest BCUT2D eigenvalue weighted by Crippen LogP contribution is 2.32. The maximum Gasteiger partial charge on any atom is 0.227 e. The van der Waals surface area contributed by atoms with Crippen molar-refractivity contribution >= 4 is 39.1 Å². The molecule has 1 heterocycles. The fraction of sp³-hybridized carbons (Fsp3) is 0.417. The lowest BCUT2D eigenvalue weighted by Crippen LogP contribution is -2.25. The lowest BCUT2D eigenvalue weighted by atomic mass is 10.1. The van der Waals surface area contributed by atoms with Gasteiger partial charge in [0.05, 0.1) is 5.69 Å². The van der Waals surface area contributed by atoms with Crippen LogP contribution in [0.2, 0.25) is 0 Å². The van der Waals surface area contributed by atoms with Crippen molar-refractivity contribution in [3.63, 3.8) is 0 Å². The number of anilines is 1. The fourth-order valence-corrected chi connectivity index (χ4v) is 2.86. The summed E-state index contributed by atoms with van der Waals surface area (Å²) in [6.07, 6.45) is 0.559. The molecular weight excluding hydrogens is 289 g/mol. The van der Waals surface area contributed by atoms with E-state index >= 15 is 0 Å². The minimum atomic E-state index is 0.162. The van der Waals surface area contributed by atoms with Crippen LogP contribution >= 0.6 is 27.5 Å². The van der Waals surface area contributed by atoms with Crippen LogP contribution in [0, 0.1) is 12.8 Å². The van der Waals surface area contributed by atoms with Gasteiger partial charge in [-0.1, -0.05) is 6.07 Å². The van der Waals surface area contributed by atoms with Crippen LogP contribution in [0.4, 0.5) is 5.69 Å². The maximum atomic E-state index is 11.8. The molecule has 1 fully saturated rings. The van der Waals surface area contributed by atoms with Gasteiger partial charge in [0, 0.05) is 23.3 Å². The van der Waals surface area contributed by atoms with Gasteiger partial charge >= 0.3 is 0 Å². The van der Waals surface area contributed by atoms with E-state index in [4.69, 9.17) is 11.6 Å². The molecule has 0 saturated carbocycles. The zero-order valence-electron chi connectivity index (χ0n) is 9.04. The Kier molecular flexibility index (Phi) is 3.55. The molecule has 1 aliphatic heterocycles. The van der Waals surface area contributed by atoms with Crippen LogP contribution < -0.4 is 4.90 Å². The number of alkyl halides is 1. The maximum absolute atomic E-state index is 11.8. The first kappa shape index (κ1) is 11.9. The van der Waals surface area contributed by atoms with Gasteiger partial charge in [0.1, 0.15) is 0 Å². The van der Waals surface area contributed by atoms with Crippen LogP contribution in [0.15, 0.2) is 22.7 Å². The van der Waals surface area contributed by atoms with Gasteiger partial charge in [-0.15, -0.1) is 11.6 Å². The number of hydrogen-bond donors (Lipinski definition) is 0. The van der Waals surface area contributed by atoms with Crippen molar-refractivity contribution in [1.29, 1.82) is 0 Å². The standard InChI is InChI=1S/C12H13BrClNO/c1-8-2-3-11(10(13)4-8)15-7-9(6-14)5-12(15)16/h2-4,9H,5-7H2,1H3. The molecule has 1 saturated heterocycles. The van der Waals surface area contributed by atoms with E-state index in [0.717, 1.165) is 16.7 Å². The summed E-state index contributed by atoms with van der Waals surface area (Å²) in [4.78, 5) is 13.6. The molecule has 0 N–H and O–H groups in total. The summed E-state index contributed by atoms with van der Waals surface area (Å²) in [5, 5.41) is 0. The van der Waals surface area contributed by atoms with E-state index in [-0.39, 0.29) is 11.8 Å². The molecule has 0 bridgehead atoms. The summed E-state index contributed by atoms with van der Waals surface area (Å²) in [5.41, 5.74) is 2.12. The molecule has 86 valence electrons. The third kappa shape index (κ3) is 2.25. The second kappa shape index (κ2) is 4.76. The quantitative estimate of drug-likeness (QED) is 0.767. The summed E-state index contributed by atoms with van der Waals surface area (Å²) >= 11 is 9.30. The van der Waals surface area contributed by atoms with Crippen LogP contribution in [0.1, 0.15) is 12.0 Å². The van der Waals surface area contributed by atoms with Gasteiger partial charge in [-0.25, -0.2) is 0 Å². The van der Waals surface area contributed by atoms with E-state index in [1.807, 2.05) is 30.0 Å². The lowest BCUT2D eigenvalue weighted by Gasteiger charge is -2.18. The van der Waals surface area contributed by atoms with E-state index in [1.54, 1.807) is 0 Å². The van der Waals surface area contributed by atoms with Gasteiger partial charge in [0.2, 0.25) is 5.91 Å². The molecule has 1 aliphatic rings. The van der Waals surface area contributed by atoms with Crippen LogP contribution in [0.25, 0.3) is 0 Å². The number of rotatable bonds is 2. The summed E-state index contributed by atoms with van der Waals surface area (Å²) in [6.45, 7) is 2.76. The second-order valence-electron chi connectivity index (χ2n) is 4.18. The van der Waals surface area contributed by atoms with Gasteiger partial charge in [-0.05, 0) is 46.5 Å². The van der Waals surface area contributed by atoms with Crippen molar-refractivity contribution < 1.29 is 4.79 Å². The molecule has 0 radical (unpaired) electrons. The number of carbonyl (C=O) groups excluding carboxylic acids is 1. The Morgan fingerprint density at radius 2 is 2.31 bits per heavy atom. The van der Waals surface area contributed by atoms with Gasteiger partial charge in [0.25, 0.3) is 0 Å². The average Bonchev–Trinajstić information content (AvgIpc) is 2.60. The zero-order valence-corrected chi connectivity index (χ0v) is 11.4. The Labute approximate surface area is 109 Å². The number of carbonyl (C=O) groups is 1. The normalized spacial score (nSPS) is 20.6. The van der Waals surface area contributed by atoms with Crippen molar-refractivity contribution in [2.45, 2.75) is 13.3 Å². The highest BCUT2D eigenvalue weighted by atomic mass is 79.9. The first-order valence-electron chi connectivity index (χ1n) is 5.24. The molecule has 1 amide bonds. The highest BCUT2D eigenvalue weighted by Gasteiger charge is 2.30. The van der Waals surface area contributed by atoms with Crippen LogP contribution in [-0.2, 0) is 4.79 Å². The third-order valence-corrected chi connectivity index (χ3v) is 3.89. The van der Waals surface area contributed by atoms with Gasteiger partial charge in [0.15, 0.2) is 0 Å². The summed E-state index contributed by atoms with van der Waals surface area (Å²) < 4.78 is 0.969. The molecule has 0 spiro atoms. The van der Waals surface area contributed by atoms with Gasteiger partial charge < -0.3 is 4.90 Å². The number of hydrogen-bond acceptors (Lipinski definition) is 1. The third-order valence-electron chi connectivity index (χ3n) is 2.82. The summed E-state index contributed by atoms with van der Waals surface area (Å²) in [7, 11) is 0. The van der Waals surface area contributed by atoms with Crippen LogP contribution in [0.5, 0.6) is 0 Å². The summed E-state index contributed by atoms with van der Waals surface area (Å²) in [6, 6.07) is 6.02. The molecule has 1 aromatic carbocycles. The first-order valence-corrected chi connectivity index (χ1v) is 6.57. The van der Waals surface area contributed by atoms with E-state index in [9.17, 15) is 4.79 Å². The highest BCUT2D eigenvalue weighted by molar-refractivity contribution is 9.10. The molecule has 1 aromatic rings. The molecule has 16 heavy (non-hydrogen) atoms. The minimum absolute atomic E-state index is 0.162. The topological polar surface area (TPSA) is 20.3 Å². The van der Waals surface area contributed by atoms with E-state index in [0.29, 0.717) is 12.3 Å². The lowest BCUT2D eigenvalue weighted by molar-refractivity contribution is -0.117. The number of nitrogens with zero attached hydrogens (tertiary/aromatic N) is 1.